The molecule has 1 aromatic heterocycles. The van der Waals surface area contributed by atoms with Crippen LogP contribution in [0.15, 0.2) is 24.3 Å². The molecule has 0 bridgehead atoms. The number of nitrogens with zero attached hydrogens (tertiary/aromatic N) is 1. The number of aromatic nitrogens is 1. The minimum Gasteiger partial charge on any atom is -0.397 e. The second kappa shape index (κ2) is 4.96. The van der Waals surface area contributed by atoms with Gasteiger partial charge in [0.05, 0.1) is 11.2 Å². The maximum absolute atomic E-state index is 12.4. The minimum atomic E-state index is -0.00296. The van der Waals surface area contributed by atoms with Crippen LogP contribution >= 0.6 is 0 Å². The molecule has 4 nitrogen and oxygen atoms in total. The zero-order valence-electron chi connectivity index (χ0n) is 11.9. The van der Waals surface area contributed by atoms with Crippen LogP contribution in [0, 0.1) is 5.92 Å². The Morgan fingerprint density at radius 2 is 2.00 bits per heavy atom. The predicted molar refractivity (Wildman–Crippen MR) is 79.1 cm³/mol. The second-order valence-electron chi connectivity index (χ2n) is 5.40. The summed E-state index contributed by atoms with van der Waals surface area (Å²) in [7, 11) is 1.84. The van der Waals surface area contributed by atoms with Crippen molar-refractivity contribution >= 4 is 22.5 Å². The Bertz CT molecular complexity index is 600. The van der Waals surface area contributed by atoms with Crippen molar-refractivity contribution in [3.63, 3.8) is 0 Å². The van der Waals surface area contributed by atoms with Gasteiger partial charge in [-0.1, -0.05) is 26.0 Å². The van der Waals surface area contributed by atoms with Crippen molar-refractivity contribution < 1.29 is 4.79 Å². The van der Waals surface area contributed by atoms with E-state index in [1.165, 1.54) is 0 Å². The Labute approximate surface area is 113 Å². The molecule has 1 atom stereocenters. The summed E-state index contributed by atoms with van der Waals surface area (Å²) < 4.78 is 0. The van der Waals surface area contributed by atoms with Gasteiger partial charge in [-0.05, 0) is 25.0 Å². The summed E-state index contributed by atoms with van der Waals surface area (Å²) in [5.41, 5.74) is 7.98. The number of hydrogen-bond acceptors (Lipinski definition) is 2. The first-order chi connectivity index (χ1) is 8.91. The van der Waals surface area contributed by atoms with Crippen LogP contribution in [0.5, 0.6) is 0 Å². The molecule has 1 heterocycles. The lowest BCUT2D eigenvalue weighted by molar-refractivity contribution is 0.0702. The van der Waals surface area contributed by atoms with E-state index in [4.69, 9.17) is 5.73 Å². The number of nitrogen functional groups attached to an aromatic ring is 1. The number of benzene rings is 1. The molecule has 102 valence electrons. The average Bonchev–Trinajstić information content (AvgIpc) is 2.81. The number of H-pyrrole nitrogens is 1. The smallest absolute Gasteiger partial charge is 0.270 e. The van der Waals surface area contributed by atoms with E-state index in [-0.39, 0.29) is 11.9 Å². The van der Waals surface area contributed by atoms with Gasteiger partial charge < -0.3 is 15.6 Å². The SMILES string of the molecule is CC(C)C(C)N(C)C(=O)c1cc2cccc(N)c2[nH]1. The highest BCUT2D eigenvalue weighted by molar-refractivity contribution is 6.00. The summed E-state index contributed by atoms with van der Waals surface area (Å²) in [5, 5.41) is 0.967. The third kappa shape index (κ3) is 2.43. The van der Waals surface area contributed by atoms with Crippen LogP contribution in [0.25, 0.3) is 10.9 Å². The molecule has 0 saturated heterocycles. The van der Waals surface area contributed by atoms with Crippen LogP contribution in [0.3, 0.4) is 0 Å². The lowest BCUT2D eigenvalue weighted by Crippen LogP contribution is -2.38. The van der Waals surface area contributed by atoms with Gasteiger partial charge in [0.25, 0.3) is 5.91 Å². The number of anilines is 1. The molecule has 1 aromatic carbocycles. The molecule has 0 fully saturated rings. The largest absolute Gasteiger partial charge is 0.397 e. The van der Waals surface area contributed by atoms with E-state index in [9.17, 15) is 4.79 Å². The summed E-state index contributed by atoms with van der Waals surface area (Å²) in [6.45, 7) is 6.27. The van der Waals surface area contributed by atoms with Gasteiger partial charge in [0, 0.05) is 18.5 Å². The van der Waals surface area contributed by atoms with E-state index in [0.717, 1.165) is 10.9 Å². The average molecular weight is 259 g/mol. The summed E-state index contributed by atoms with van der Waals surface area (Å²) in [6.07, 6.45) is 0. The standard InChI is InChI=1S/C15H21N3O/c1-9(2)10(3)18(4)15(19)13-8-11-6-5-7-12(16)14(11)17-13/h5-10,17H,16H2,1-4H3. The fraction of sp³-hybridized carbons (Fsp3) is 0.400. The van der Waals surface area contributed by atoms with Crippen LogP contribution in [0.4, 0.5) is 5.69 Å². The fourth-order valence-corrected chi connectivity index (χ4v) is 2.12. The van der Waals surface area contributed by atoms with E-state index in [2.05, 4.69) is 25.8 Å². The molecular formula is C15H21N3O. The van der Waals surface area contributed by atoms with Gasteiger partial charge >= 0.3 is 0 Å². The summed E-state index contributed by atoms with van der Waals surface area (Å²) >= 11 is 0. The molecule has 2 rings (SSSR count). The normalized spacial score (nSPS) is 12.9. The molecule has 2 aromatic rings. The third-order valence-corrected chi connectivity index (χ3v) is 3.81. The van der Waals surface area contributed by atoms with E-state index < -0.39 is 0 Å². The Morgan fingerprint density at radius 1 is 1.32 bits per heavy atom. The van der Waals surface area contributed by atoms with Gasteiger partial charge in [0.15, 0.2) is 0 Å². The molecule has 0 aliphatic rings. The first-order valence-electron chi connectivity index (χ1n) is 6.56. The van der Waals surface area contributed by atoms with Crippen molar-refractivity contribution in [3.8, 4) is 0 Å². The Hall–Kier alpha value is -1.97. The molecule has 0 radical (unpaired) electrons. The number of carbonyl (C=O) groups excluding carboxylic acids is 1. The maximum Gasteiger partial charge on any atom is 0.270 e. The molecule has 0 saturated carbocycles. The van der Waals surface area contributed by atoms with Gasteiger partial charge in [0.1, 0.15) is 5.69 Å². The van der Waals surface area contributed by atoms with E-state index >= 15 is 0 Å². The lowest BCUT2D eigenvalue weighted by atomic mass is 10.1. The molecule has 1 amide bonds. The number of hydrogen-bond donors (Lipinski definition) is 2. The minimum absolute atomic E-state index is 0.00296. The molecule has 19 heavy (non-hydrogen) atoms. The number of aromatic amines is 1. The summed E-state index contributed by atoms with van der Waals surface area (Å²) in [5.74, 6) is 0.417. The van der Waals surface area contributed by atoms with Crippen LogP contribution < -0.4 is 5.73 Å². The topological polar surface area (TPSA) is 62.1 Å². The van der Waals surface area contributed by atoms with Crippen molar-refractivity contribution in [1.82, 2.24) is 9.88 Å². The van der Waals surface area contributed by atoms with Crippen LogP contribution in [0.2, 0.25) is 0 Å². The Kier molecular flexibility index (Phi) is 3.51. The molecule has 1 unspecified atom stereocenters. The highest BCUT2D eigenvalue weighted by Gasteiger charge is 2.21. The quantitative estimate of drug-likeness (QED) is 0.833. The summed E-state index contributed by atoms with van der Waals surface area (Å²) in [4.78, 5) is 17.3. The monoisotopic (exact) mass is 259 g/mol. The van der Waals surface area contributed by atoms with Gasteiger partial charge in [0.2, 0.25) is 0 Å². The number of para-hydroxylation sites is 1. The molecule has 0 aliphatic carbocycles. The Morgan fingerprint density at radius 3 is 2.58 bits per heavy atom. The van der Waals surface area contributed by atoms with Crippen LogP contribution in [-0.4, -0.2) is 28.9 Å². The van der Waals surface area contributed by atoms with Crippen molar-refractivity contribution in [1.29, 1.82) is 0 Å². The lowest BCUT2D eigenvalue weighted by Gasteiger charge is -2.27. The second-order valence-corrected chi connectivity index (χ2v) is 5.40. The zero-order chi connectivity index (χ0) is 14.2. The van der Waals surface area contributed by atoms with Crippen LogP contribution in [-0.2, 0) is 0 Å². The molecule has 4 heteroatoms. The maximum atomic E-state index is 12.4. The first-order valence-corrected chi connectivity index (χ1v) is 6.56. The van der Waals surface area contributed by atoms with Gasteiger partial charge in [-0.15, -0.1) is 0 Å². The molecule has 3 N–H and O–H groups in total. The zero-order valence-corrected chi connectivity index (χ0v) is 11.9. The van der Waals surface area contributed by atoms with Gasteiger partial charge in [-0.3, -0.25) is 4.79 Å². The number of rotatable bonds is 3. The summed E-state index contributed by atoms with van der Waals surface area (Å²) in [6, 6.07) is 7.71. The van der Waals surface area contributed by atoms with Crippen molar-refractivity contribution in [2.75, 3.05) is 12.8 Å². The van der Waals surface area contributed by atoms with Gasteiger partial charge in [-0.2, -0.15) is 0 Å². The van der Waals surface area contributed by atoms with E-state index in [1.54, 1.807) is 4.90 Å². The number of carbonyl (C=O) groups is 1. The number of nitrogens with two attached hydrogens (primary N) is 1. The van der Waals surface area contributed by atoms with Crippen molar-refractivity contribution in [2.45, 2.75) is 26.8 Å². The molecular weight excluding hydrogens is 238 g/mol. The van der Waals surface area contributed by atoms with Crippen LogP contribution in [0.1, 0.15) is 31.3 Å². The van der Waals surface area contributed by atoms with Crippen molar-refractivity contribution in [3.05, 3.63) is 30.0 Å². The highest BCUT2D eigenvalue weighted by Crippen LogP contribution is 2.22. The highest BCUT2D eigenvalue weighted by atomic mass is 16.2. The first kappa shape index (κ1) is 13.5. The number of fused-ring (bicyclic) bond motifs is 1. The number of nitrogens with one attached hydrogen (secondary N) is 1. The van der Waals surface area contributed by atoms with E-state index in [0.29, 0.717) is 17.3 Å². The van der Waals surface area contributed by atoms with Gasteiger partial charge in [-0.25, -0.2) is 0 Å². The fourth-order valence-electron chi connectivity index (χ4n) is 2.12. The molecule has 0 aliphatic heterocycles. The number of amides is 1. The van der Waals surface area contributed by atoms with E-state index in [1.807, 2.05) is 31.3 Å². The predicted octanol–water partition coefficient (Wildman–Crippen LogP) is 2.87. The third-order valence-electron chi connectivity index (χ3n) is 3.81. The van der Waals surface area contributed by atoms with Crippen molar-refractivity contribution in [2.24, 2.45) is 5.92 Å². The molecule has 0 spiro atoms. The Balaban J connectivity index is 2.34.